The van der Waals surface area contributed by atoms with Gasteiger partial charge in [0, 0.05) is 29.6 Å². The van der Waals surface area contributed by atoms with Gasteiger partial charge >= 0.3 is 6.09 Å². The second kappa shape index (κ2) is 8.25. The van der Waals surface area contributed by atoms with E-state index in [9.17, 15) is 9.59 Å². The molecule has 26 heavy (non-hydrogen) atoms. The first-order valence-electron chi connectivity index (χ1n) is 9.04. The van der Waals surface area contributed by atoms with Gasteiger partial charge in [-0.25, -0.2) is 4.79 Å². The fourth-order valence-corrected chi connectivity index (χ4v) is 2.63. The summed E-state index contributed by atoms with van der Waals surface area (Å²) in [5.74, 6) is -0.213. The molecule has 2 rings (SSSR count). The number of amides is 2. The monoisotopic (exact) mass is 359 g/mol. The fraction of sp³-hybridized carbons (Fsp3) is 0.500. The SMILES string of the molecule is CC[C@@H](C)NC(=O)[C@H](Cc1c[nH]c2ccccc12)NC(=O)OC(C)(C)C. The van der Waals surface area contributed by atoms with Crippen molar-refractivity contribution in [2.45, 2.75) is 65.1 Å². The number of aromatic amines is 1. The lowest BCUT2D eigenvalue weighted by Crippen LogP contribution is -2.51. The Hall–Kier alpha value is -2.50. The van der Waals surface area contributed by atoms with Crippen LogP contribution in [-0.4, -0.2) is 34.7 Å². The van der Waals surface area contributed by atoms with E-state index in [0.29, 0.717) is 6.42 Å². The molecule has 0 radical (unpaired) electrons. The molecule has 0 fully saturated rings. The lowest BCUT2D eigenvalue weighted by molar-refractivity contribution is -0.123. The van der Waals surface area contributed by atoms with Crippen molar-refractivity contribution in [3.63, 3.8) is 0 Å². The average molecular weight is 359 g/mol. The molecule has 0 saturated carbocycles. The minimum Gasteiger partial charge on any atom is -0.444 e. The van der Waals surface area contributed by atoms with Gasteiger partial charge < -0.3 is 20.4 Å². The number of ether oxygens (including phenoxy) is 1. The minimum atomic E-state index is -0.710. The van der Waals surface area contributed by atoms with Crippen molar-refractivity contribution in [3.8, 4) is 0 Å². The number of carbonyl (C=O) groups is 2. The van der Waals surface area contributed by atoms with E-state index in [1.165, 1.54) is 0 Å². The van der Waals surface area contributed by atoms with E-state index < -0.39 is 17.7 Å². The standard InChI is InChI=1S/C20H29N3O3/c1-6-13(2)22-18(24)17(23-19(25)26-20(3,4)5)11-14-12-21-16-10-8-7-9-15(14)16/h7-10,12-13,17,21H,6,11H2,1-5H3,(H,22,24)(H,23,25)/t13-,17+/m1/s1. The zero-order chi connectivity index (χ0) is 19.3. The second-order valence-corrected chi connectivity index (χ2v) is 7.58. The molecule has 0 bridgehead atoms. The number of hydrogen-bond acceptors (Lipinski definition) is 3. The van der Waals surface area contributed by atoms with Gasteiger partial charge in [0.15, 0.2) is 0 Å². The lowest BCUT2D eigenvalue weighted by atomic mass is 10.0. The summed E-state index contributed by atoms with van der Waals surface area (Å²) in [5.41, 5.74) is 1.35. The van der Waals surface area contributed by atoms with Crippen molar-refractivity contribution < 1.29 is 14.3 Å². The topological polar surface area (TPSA) is 83.2 Å². The van der Waals surface area contributed by atoms with E-state index in [-0.39, 0.29) is 11.9 Å². The molecule has 0 saturated heterocycles. The summed E-state index contributed by atoms with van der Waals surface area (Å²) >= 11 is 0. The van der Waals surface area contributed by atoms with Crippen LogP contribution in [-0.2, 0) is 16.0 Å². The third kappa shape index (κ3) is 5.51. The largest absolute Gasteiger partial charge is 0.444 e. The Morgan fingerprint density at radius 2 is 1.88 bits per heavy atom. The molecule has 3 N–H and O–H groups in total. The van der Waals surface area contributed by atoms with Gasteiger partial charge in [-0.15, -0.1) is 0 Å². The first-order valence-corrected chi connectivity index (χ1v) is 9.04. The van der Waals surface area contributed by atoms with Gasteiger partial charge in [-0.3, -0.25) is 4.79 Å². The Labute approximate surface area is 154 Å². The molecular weight excluding hydrogens is 330 g/mol. The highest BCUT2D eigenvalue weighted by molar-refractivity contribution is 5.88. The van der Waals surface area contributed by atoms with Crippen molar-refractivity contribution in [1.82, 2.24) is 15.6 Å². The number of nitrogens with one attached hydrogen (secondary N) is 3. The van der Waals surface area contributed by atoms with Crippen molar-refractivity contribution in [2.75, 3.05) is 0 Å². The van der Waals surface area contributed by atoms with Gasteiger partial charge in [-0.1, -0.05) is 25.1 Å². The molecule has 0 aliphatic rings. The molecule has 1 aromatic carbocycles. The summed E-state index contributed by atoms with van der Waals surface area (Å²) in [6, 6.07) is 7.21. The summed E-state index contributed by atoms with van der Waals surface area (Å²) in [4.78, 5) is 28.1. The number of fused-ring (bicyclic) bond motifs is 1. The number of para-hydroxylation sites is 1. The molecule has 1 heterocycles. The van der Waals surface area contributed by atoms with Gasteiger partial charge in [0.05, 0.1) is 0 Å². The first-order chi connectivity index (χ1) is 12.2. The van der Waals surface area contributed by atoms with E-state index in [4.69, 9.17) is 4.74 Å². The van der Waals surface area contributed by atoms with E-state index in [2.05, 4.69) is 15.6 Å². The summed E-state index contributed by atoms with van der Waals surface area (Å²) in [5, 5.41) is 6.70. The molecule has 2 amide bonds. The Bertz CT molecular complexity index is 761. The van der Waals surface area contributed by atoms with Crippen LogP contribution in [0.4, 0.5) is 4.79 Å². The van der Waals surface area contributed by atoms with Crippen LogP contribution >= 0.6 is 0 Å². The number of H-pyrrole nitrogens is 1. The zero-order valence-electron chi connectivity index (χ0n) is 16.2. The molecule has 6 heteroatoms. The van der Waals surface area contributed by atoms with Crippen molar-refractivity contribution in [1.29, 1.82) is 0 Å². The van der Waals surface area contributed by atoms with Crippen LogP contribution in [0.1, 0.15) is 46.6 Å². The van der Waals surface area contributed by atoms with Crippen LogP contribution < -0.4 is 10.6 Å². The molecule has 142 valence electrons. The number of benzene rings is 1. The van der Waals surface area contributed by atoms with Crippen LogP contribution in [0.15, 0.2) is 30.5 Å². The van der Waals surface area contributed by atoms with Gasteiger partial charge in [0.2, 0.25) is 5.91 Å². The summed E-state index contributed by atoms with van der Waals surface area (Å²) in [6.07, 6.45) is 2.48. The van der Waals surface area contributed by atoms with Gasteiger partial charge in [-0.2, -0.15) is 0 Å². The number of alkyl carbamates (subject to hydrolysis) is 1. The van der Waals surface area contributed by atoms with Crippen molar-refractivity contribution >= 4 is 22.9 Å². The van der Waals surface area contributed by atoms with E-state index >= 15 is 0 Å². The van der Waals surface area contributed by atoms with Gasteiger partial charge in [-0.05, 0) is 45.7 Å². The quantitative estimate of drug-likeness (QED) is 0.738. The number of carbonyl (C=O) groups excluding carboxylic acids is 2. The maximum Gasteiger partial charge on any atom is 0.408 e. The highest BCUT2D eigenvalue weighted by Gasteiger charge is 2.26. The van der Waals surface area contributed by atoms with E-state index in [1.54, 1.807) is 20.8 Å². The minimum absolute atomic E-state index is 0.0356. The highest BCUT2D eigenvalue weighted by Crippen LogP contribution is 2.19. The Morgan fingerprint density at radius 1 is 1.19 bits per heavy atom. The maximum absolute atomic E-state index is 12.7. The van der Waals surface area contributed by atoms with Crippen molar-refractivity contribution in [2.24, 2.45) is 0 Å². The second-order valence-electron chi connectivity index (χ2n) is 7.58. The lowest BCUT2D eigenvalue weighted by Gasteiger charge is -2.24. The smallest absolute Gasteiger partial charge is 0.408 e. The first kappa shape index (κ1) is 19.8. The van der Waals surface area contributed by atoms with Crippen LogP contribution in [0, 0.1) is 0 Å². The summed E-state index contributed by atoms with van der Waals surface area (Å²) in [6.45, 7) is 9.32. The summed E-state index contributed by atoms with van der Waals surface area (Å²) in [7, 11) is 0. The van der Waals surface area contributed by atoms with E-state index in [0.717, 1.165) is 22.9 Å². The predicted octanol–water partition coefficient (Wildman–Crippen LogP) is 3.52. The zero-order valence-corrected chi connectivity index (χ0v) is 16.2. The third-order valence-electron chi connectivity index (χ3n) is 4.11. The molecular formula is C20H29N3O3. The molecule has 0 aliphatic heterocycles. The molecule has 2 atom stereocenters. The third-order valence-corrected chi connectivity index (χ3v) is 4.11. The van der Waals surface area contributed by atoms with Crippen LogP contribution in [0.2, 0.25) is 0 Å². The van der Waals surface area contributed by atoms with Crippen LogP contribution in [0.3, 0.4) is 0 Å². The number of aromatic nitrogens is 1. The predicted molar refractivity (Wildman–Crippen MR) is 103 cm³/mol. The molecule has 0 aliphatic carbocycles. The Kier molecular flexibility index (Phi) is 6.29. The Balaban J connectivity index is 2.19. The molecule has 6 nitrogen and oxygen atoms in total. The van der Waals surface area contributed by atoms with E-state index in [1.807, 2.05) is 44.3 Å². The molecule has 0 unspecified atom stereocenters. The maximum atomic E-state index is 12.7. The summed E-state index contributed by atoms with van der Waals surface area (Å²) < 4.78 is 5.32. The average Bonchev–Trinajstić information content (AvgIpc) is 2.95. The van der Waals surface area contributed by atoms with Gasteiger partial charge in [0.25, 0.3) is 0 Å². The van der Waals surface area contributed by atoms with Crippen molar-refractivity contribution in [3.05, 3.63) is 36.0 Å². The van der Waals surface area contributed by atoms with Crippen LogP contribution in [0.25, 0.3) is 10.9 Å². The normalized spacial score (nSPS) is 13.9. The molecule has 1 aromatic heterocycles. The highest BCUT2D eigenvalue weighted by atomic mass is 16.6. The van der Waals surface area contributed by atoms with Gasteiger partial charge in [0.1, 0.15) is 11.6 Å². The Morgan fingerprint density at radius 3 is 2.54 bits per heavy atom. The number of rotatable bonds is 6. The molecule has 2 aromatic rings. The molecule has 0 spiro atoms. The van der Waals surface area contributed by atoms with Crippen LogP contribution in [0.5, 0.6) is 0 Å². The number of hydrogen-bond donors (Lipinski definition) is 3. The fourth-order valence-electron chi connectivity index (χ4n) is 2.63.